The van der Waals surface area contributed by atoms with Crippen molar-refractivity contribution in [1.82, 2.24) is 0 Å². The number of amides is 2. The van der Waals surface area contributed by atoms with E-state index in [1.165, 1.54) is 5.56 Å². The molecular formula is C21H21N3O2. The first-order valence-electron chi connectivity index (χ1n) is 8.70. The van der Waals surface area contributed by atoms with Gasteiger partial charge >= 0.3 is 0 Å². The highest BCUT2D eigenvalue weighted by atomic mass is 16.2. The molecule has 0 bridgehead atoms. The number of anilines is 2. The summed E-state index contributed by atoms with van der Waals surface area (Å²) in [5.74, 6) is -0.440. The summed E-state index contributed by atoms with van der Waals surface area (Å²) in [5.41, 5.74) is 3.13. The predicted octanol–water partition coefficient (Wildman–Crippen LogP) is 3.89. The maximum Gasteiger partial charge on any atom is 0.228 e. The Morgan fingerprint density at radius 1 is 0.923 bits per heavy atom. The van der Waals surface area contributed by atoms with Crippen LogP contribution in [0.2, 0.25) is 0 Å². The van der Waals surface area contributed by atoms with E-state index in [1.807, 2.05) is 30.3 Å². The van der Waals surface area contributed by atoms with Gasteiger partial charge in [0.15, 0.2) is 0 Å². The van der Waals surface area contributed by atoms with Crippen LogP contribution in [0.3, 0.4) is 0 Å². The average molecular weight is 347 g/mol. The Morgan fingerprint density at radius 3 is 1.81 bits per heavy atom. The van der Waals surface area contributed by atoms with E-state index < -0.39 is 0 Å². The van der Waals surface area contributed by atoms with Gasteiger partial charge < -0.3 is 10.6 Å². The molecule has 0 radical (unpaired) electrons. The lowest BCUT2D eigenvalue weighted by Crippen LogP contribution is -2.20. The lowest BCUT2D eigenvalue weighted by Gasteiger charge is -2.08. The van der Waals surface area contributed by atoms with Crippen molar-refractivity contribution >= 4 is 23.2 Å². The molecule has 2 amide bonds. The van der Waals surface area contributed by atoms with Crippen LogP contribution in [0.5, 0.6) is 0 Å². The predicted molar refractivity (Wildman–Crippen MR) is 101 cm³/mol. The molecule has 0 heterocycles. The molecule has 2 N–H and O–H groups in total. The zero-order valence-electron chi connectivity index (χ0n) is 14.8. The third-order valence-corrected chi connectivity index (χ3v) is 4.59. The maximum absolute atomic E-state index is 12.3. The SMILES string of the molecule is CC(C)c1ccc(NC(=O)C2CC2C(=O)Nc2ccc(C#N)cc2)cc1. The van der Waals surface area contributed by atoms with Crippen LogP contribution in [-0.2, 0) is 9.59 Å². The summed E-state index contributed by atoms with van der Waals surface area (Å²) in [7, 11) is 0. The van der Waals surface area contributed by atoms with E-state index >= 15 is 0 Å². The Kier molecular flexibility index (Phi) is 5.04. The number of hydrogen-bond acceptors (Lipinski definition) is 3. The monoisotopic (exact) mass is 347 g/mol. The van der Waals surface area contributed by atoms with Crippen molar-refractivity contribution in [2.45, 2.75) is 26.2 Å². The fourth-order valence-electron chi connectivity index (χ4n) is 2.82. The van der Waals surface area contributed by atoms with Crippen molar-refractivity contribution in [3.63, 3.8) is 0 Å². The summed E-state index contributed by atoms with van der Waals surface area (Å²) < 4.78 is 0. The van der Waals surface area contributed by atoms with Crippen molar-refractivity contribution in [2.75, 3.05) is 10.6 Å². The van der Waals surface area contributed by atoms with Gasteiger partial charge in [0.1, 0.15) is 0 Å². The molecule has 3 rings (SSSR count). The van der Waals surface area contributed by atoms with E-state index in [0.717, 1.165) is 5.69 Å². The first-order valence-corrected chi connectivity index (χ1v) is 8.70. The molecule has 1 fully saturated rings. The molecule has 5 heteroatoms. The highest BCUT2D eigenvalue weighted by molar-refractivity contribution is 6.03. The van der Waals surface area contributed by atoms with Crippen LogP contribution in [0.1, 0.15) is 37.3 Å². The van der Waals surface area contributed by atoms with Crippen LogP contribution in [0.25, 0.3) is 0 Å². The summed E-state index contributed by atoms with van der Waals surface area (Å²) in [6.07, 6.45) is 0.554. The highest BCUT2D eigenvalue weighted by Gasteiger charge is 2.48. The number of carbonyl (C=O) groups is 2. The summed E-state index contributed by atoms with van der Waals surface area (Å²) in [4.78, 5) is 24.6. The van der Waals surface area contributed by atoms with Gasteiger partial charge in [-0.3, -0.25) is 9.59 Å². The summed E-state index contributed by atoms with van der Waals surface area (Å²) in [6, 6.07) is 16.5. The Balaban J connectivity index is 1.53. The van der Waals surface area contributed by atoms with Crippen LogP contribution in [0.15, 0.2) is 48.5 Å². The van der Waals surface area contributed by atoms with E-state index in [2.05, 4.69) is 24.5 Å². The molecule has 5 nitrogen and oxygen atoms in total. The van der Waals surface area contributed by atoms with Crippen molar-refractivity contribution < 1.29 is 9.59 Å². The number of nitrogens with zero attached hydrogens (tertiary/aromatic N) is 1. The first-order chi connectivity index (χ1) is 12.5. The van der Waals surface area contributed by atoms with Gasteiger partial charge in [-0.05, 0) is 54.3 Å². The minimum Gasteiger partial charge on any atom is -0.326 e. The quantitative estimate of drug-likeness (QED) is 0.861. The lowest BCUT2D eigenvalue weighted by molar-refractivity contribution is -0.122. The Hall–Kier alpha value is -3.13. The molecular weight excluding hydrogens is 326 g/mol. The first kappa shape index (κ1) is 17.7. The van der Waals surface area contributed by atoms with E-state index in [0.29, 0.717) is 23.6 Å². The van der Waals surface area contributed by atoms with Gasteiger partial charge in [0, 0.05) is 11.4 Å². The molecule has 2 aromatic rings. The molecule has 0 spiro atoms. The van der Waals surface area contributed by atoms with Gasteiger partial charge in [-0.25, -0.2) is 0 Å². The van der Waals surface area contributed by atoms with Crippen molar-refractivity contribution in [1.29, 1.82) is 5.26 Å². The van der Waals surface area contributed by atoms with Crippen LogP contribution >= 0.6 is 0 Å². The molecule has 1 saturated carbocycles. The van der Waals surface area contributed by atoms with E-state index in [-0.39, 0.29) is 23.7 Å². The third-order valence-electron chi connectivity index (χ3n) is 4.59. The van der Waals surface area contributed by atoms with Gasteiger partial charge in [0.2, 0.25) is 11.8 Å². The number of rotatable bonds is 5. The average Bonchev–Trinajstić information content (AvgIpc) is 3.44. The second-order valence-corrected chi connectivity index (χ2v) is 6.89. The van der Waals surface area contributed by atoms with Crippen LogP contribution in [0.4, 0.5) is 11.4 Å². The topological polar surface area (TPSA) is 82.0 Å². The zero-order chi connectivity index (χ0) is 18.7. The van der Waals surface area contributed by atoms with E-state index in [1.54, 1.807) is 24.3 Å². The minimum atomic E-state index is -0.305. The molecule has 0 aromatic heterocycles. The molecule has 2 unspecified atom stereocenters. The van der Waals surface area contributed by atoms with Crippen molar-refractivity contribution in [3.05, 3.63) is 59.7 Å². The fraction of sp³-hybridized carbons (Fsp3) is 0.286. The number of hydrogen-bond donors (Lipinski definition) is 2. The molecule has 132 valence electrons. The van der Waals surface area contributed by atoms with E-state index in [4.69, 9.17) is 5.26 Å². The summed E-state index contributed by atoms with van der Waals surface area (Å²) >= 11 is 0. The zero-order valence-corrected chi connectivity index (χ0v) is 14.8. The molecule has 2 atom stereocenters. The normalized spacial score (nSPS) is 18.1. The van der Waals surface area contributed by atoms with Crippen LogP contribution in [-0.4, -0.2) is 11.8 Å². The highest BCUT2D eigenvalue weighted by Crippen LogP contribution is 2.40. The second kappa shape index (κ2) is 7.40. The Morgan fingerprint density at radius 2 is 1.38 bits per heavy atom. The molecule has 0 aliphatic heterocycles. The number of carbonyl (C=O) groups excluding carboxylic acids is 2. The standard InChI is InChI=1S/C21H21N3O2/c1-13(2)15-5-9-17(10-6-15)24-21(26)19-11-18(19)20(25)23-16-7-3-14(12-22)4-8-16/h3-10,13,18-19H,11H2,1-2H3,(H,23,25)(H,24,26). The number of nitriles is 1. The van der Waals surface area contributed by atoms with Gasteiger partial charge in [-0.2, -0.15) is 5.26 Å². The fourth-order valence-corrected chi connectivity index (χ4v) is 2.82. The minimum absolute atomic E-state index is 0.123. The van der Waals surface area contributed by atoms with Crippen molar-refractivity contribution in [3.8, 4) is 6.07 Å². The molecule has 26 heavy (non-hydrogen) atoms. The Bertz CT molecular complexity index is 848. The smallest absolute Gasteiger partial charge is 0.228 e. The van der Waals surface area contributed by atoms with Crippen LogP contribution < -0.4 is 10.6 Å². The van der Waals surface area contributed by atoms with Crippen LogP contribution in [0, 0.1) is 23.2 Å². The molecule has 1 aliphatic rings. The summed E-state index contributed by atoms with van der Waals surface area (Å²) in [5, 5.41) is 14.5. The van der Waals surface area contributed by atoms with E-state index in [9.17, 15) is 9.59 Å². The van der Waals surface area contributed by atoms with Crippen molar-refractivity contribution in [2.24, 2.45) is 11.8 Å². The number of benzene rings is 2. The second-order valence-electron chi connectivity index (χ2n) is 6.89. The van der Waals surface area contributed by atoms with Gasteiger partial charge in [0.25, 0.3) is 0 Å². The molecule has 2 aromatic carbocycles. The van der Waals surface area contributed by atoms with Gasteiger partial charge in [-0.15, -0.1) is 0 Å². The maximum atomic E-state index is 12.3. The van der Waals surface area contributed by atoms with Gasteiger partial charge in [0.05, 0.1) is 23.5 Å². The summed E-state index contributed by atoms with van der Waals surface area (Å²) in [6.45, 7) is 4.24. The largest absolute Gasteiger partial charge is 0.326 e. The molecule has 1 aliphatic carbocycles. The third kappa shape index (κ3) is 4.09. The van der Waals surface area contributed by atoms with Gasteiger partial charge in [-0.1, -0.05) is 26.0 Å². The Labute approximate surface area is 153 Å². The lowest BCUT2D eigenvalue weighted by atomic mass is 10.0. The molecule has 0 saturated heterocycles. The number of nitrogens with one attached hydrogen (secondary N) is 2.